The molecule has 6 nitrogen and oxygen atoms in total. The van der Waals surface area contributed by atoms with Gasteiger partial charge in [-0.25, -0.2) is 0 Å². The average molecular weight is 732 g/mol. The number of likely N-dealkylation sites (tertiary alicyclic amines) is 1. The average Bonchev–Trinajstić information content (AvgIpc) is 3.69. The van der Waals surface area contributed by atoms with Crippen LogP contribution in [0.3, 0.4) is 0 Å². The molecule has 0 radical (unpaired) electrons. The van der Waals surface area contributed by atoms with Crippen molar-refractivity contribution in [1.82, 2.24) is 4.90 Å². The van der Waals surface area contributed by atoms with Crippen molar-refractivity contribution in [1.29, 1.82) is 0 Å². The number of ether oxygens (including phenoxy) is 1. The van der Waals surface area contributed by atoms with E-state index < -0.39 is 8.32 Å². The van der Waals surface area contributed by atoms with Crippen molar-refractivity contribution in [2.75, 3.05) is 13.2 Å². The molecule has 280 valence electrons. The molecule has 0 spiro atoms. The second-order valence-corrected chi connectivity index (χ2v) is 21.1. The van der Waals surface area contributed by atoms with E-state index in [0.29, 0.717) is 19.6 Å². The quantitative estimate of drug-likeness (QED) is 0.115. The number of benzene rings is 3. The second kappa shape index (κ2) is 15.9. The Balaban J connectivity index is 1.26. The number of aromatic hydroxyl groups is 1. The first-order chi connectivity index (χ1) is 25.6. The molecule has 7 rings (SSSR count). The third-order valence-electron chi connectivity index (χ3n) is 12.4. The maximum absolute atomic E-state index is 14.4. The molecule has 2 heterocycles. The molecule has 0 bridgehead atoms. The van der Waals surface area contributed by atoms with Gasteiger partial charge in [0.15, 0.2) is 0 Å². The van der Waals surface area contributed by atoms with Gasteiger partial charge in [-0.15, -0.1) is 0 Å². The Morgan fingerprint density at radius 2 is 1.57 bits per heavy atom. The summed E-state index contributed by atoms with van der Waals surface area (Å²) >= 11 is 0. The van der Waals surface area contributed by atoms with Crippen LogP contribution in [0.2, 0.25) is 5.04 Å². The summed E-state index contributed by atoms with van der Waals surface area (Å²) in [6.07, 6.45) is 11.4. The highest BCUT2D eigenvalue weighted by Gasteiger charge is 2.59. The van der Waals surface area contributed by atoms with Crippen LogP contribution in [0.4, 0.5) is 0 Å². The molecule has 3 aromatic carbocycles. The van der Waals surface area contributed by atoms with Crippen LogP contribution >= 0.6 is 0 Å². The Morgan fingerprint density at radius 3 is 2.19 bits per heavy atom. The molecule has 4 aliphatic rings. The first-order valence-electron chi connectivity index (χ1n) is 20.1. The molecule has 0 unspecified atom stereocenters. The summed E-state index contributed by atoms with van der Waals surface area (Å²) in [5.41, 5.74) is 4.69. The lowest BCUT2D eigenvalue weighted by Crippen LogP contribution is -2.66. The minimum absolute atomic E-state index is 0.0203. The molecule has 2 amide bonds. The van der Waals surface area contributed by atoms with Crippen molar-refractivity contribution in [2.45, 2.75) is 109 Å². The Labute approximate surface area is 317 Å². The molecule has 1 N–H and O–H groups in total. The van der Waals surface area contributed by atoms with Crippen LogP contribution in [0.25, 0.3) is 6.08 Å². The molecule has 53 heavy (non-hydrogen) atoms. The molecular weight excluding hydrogens is 675 g/mol. The van der Waals surface area contributed by atoms with E-state index in [9.17, 15) is 14.7 Å². The number of phenolic OH excluding ortho intramolecular Hbond substituents is 1. The number of amides is 2. The van der Waals surface area contributed by atoms with E-state index in [1.54, 1.807) is 11.0 Å². The molecule has 3 aromatic rings. The fraction of sp³-hybridized carbons (Fsp3) is 0.478. The monoisotopic (exact) mass is 731 g/mol. The lowest BCUT2D eigenvalue weighted by Gasteiger charge is -2.44. The van der Waals surface area contributed by atoms with Crippen molar-refractivity contribution in [3.8, 4) is 5.75 Å². The molecular formula is C46H57NO5Si. The van der Waals surface area contributed by atoms with E-state index >= 15 is 0 Å². The van der Waals surface area contributed by atoms with E-state index in [0.717, 1.165) is 62.5 Å². The van der Waals surface area contributed by atoms with Crippen LogP contribution in [0.1, 0.15) is 97.5 Å². The summed E-state index contributed by atoms with van der Waals surface area (Å²) in [4.78, 5) is 30.4. The summed E-state index contributed by atoms with van der Waals surface area (Å²) in [5.74, 6) is -0.524. The van der Waals surface area contributed by atoms with Crippen LogP contribution in [0, 0.1) is 17.8 Å². The third-order valence-corrected chi connectivity index (χ3v) is 17.4. The number of phenols is 1. The van der Waals surface area contributed by atoms with Gasteiger partial charge in [0, 0.05) is 12.0 Å². The van der Waals surface area contributed by atoms with Gasteiger partial charge in [0.25, 0.3) is 8.32 Å². The highest BCUT2D eigenvalue weighted by Crippen LogP contribution is 2.51. The van der Waals surface area contributed by atoms with Gasteiger partial charge in [0.05, 0.1) is 31.2 Å². The minimum Gasteiger partial charge on any atom is -0.508 e. The summed E-state index contributed by atoms with van der Waals surface area (Å²) in [6.45, 7) is 9.96. The number of nitrogens with zero attached hydrogens (tertiary/aromatic N) is 1. The Hall–Kier alpha value is -3.78. The van der Waals surface area contributed by atoms with E-state index in [4.69, 9.17) is 9.16 Å². The van der Waals surface area contributed by atoms with Crippen molar-refractivity contribution in [2.24, 2.45) is 17.8 Å². The van der Waals surface area contributed by atoms with Crippen LogP contribution in [-0.4, -0.2) is 55.5 Å². The normalized spacial score (nSPS) is 24.2. The highest BCUT2D eigenvalue weighted by atomic mass is 28.4. The number of hydrogen-bond acceptors (Lipinski definition) is 5. The first-order valence-corrected chi connectivity index (χ1v) is 22.0. The van der Waals surface area contributed by atoms with E-state index in [1.807, 2.05) is 18.2 Å². The van der Waals surface area contributed by atoms with Crippen molar-refractivity contribution < 1.29 is 23.9 Å². The Morgan fingerprint density at radius 1 is 0.887 bits per heavy atom. The number of hydrogen-bond donors (Lipinski definition) is 1. The molecule has 2 aliphatic carbocycles. The molecule has 1 saturated carbocycles. The van der Waals surface area contributed by atoms with Crippen LogP contribution in [-0.2, 0) is 18.8 Å². The van der Waals surface area contributed by atoms with Gasteiger partial charge in [-0.3, -0.25) is 14.5 Å². The summed E-state index contributed by atoms with van der Waals surface area (Å²) < 4.78 is 14.3. The number of rotatable bonds is 12. The molecule has 0 aromatic heterocycles. The number of allylic oxidation sites excluding steroid dienone is 1. The van der Waals surface area contributed by atoms with Crippen molar-refractivity contribution >= 4 is 36.6 Å². The molecule has 7 heteroatoms. The summed E-state index contributed by atoms with van der Waals surface area (Å²) in [6, 6.07) is 28.9. The highest BCUT2D eigenvalue weighted by molar-refractivity contribution is 6.99. The van der Waals surface area contributed by atoms with Crippen LogP contribution in [0.5, 0.6) is 5.75 Å². The van der Waals surface area contributed by atoms with E-state index in [-0.39, 0.29) is 52.5 Å². The minimum atomic E-state index is -2.87. The number of fused-ring (bicyclic) bond motifs is 3. The fourth-order valence-corrected chi connectivity index (χ4v) is 14.6. The van der Waals surface area contributed by atoms with Crippen molar-refractivity contribution in [3.63, 3.8) is 0 Å². The Bertz CT molecular complexity index is 1780. The molecule has 3 fully saturated rings. The summed E-state index contributed by atoms with van der Waals surface area (Å²) in [7, 11) is -2.87. The molecule has 2 saturated heterocycles. The maximum Gasteiger partial charge on any atom is 0.261 e. The van der Waals surface area contributed by atoms with E-state index in [2.05, 4.69) is 94.4 Å². The lowest BCUT2D eigenvalue weighted by atomic mass is 9.69. The Kier molecular flexibility index (Phi) is 11.3. The SMILES string of the molecule is CCC/C(=C\c1cccc(O)c1)CC[C@H]1OC[C@H]2C1=C(CO[Si](c1ccccc1)(c1ccccc1)C(C)(C)C)C[C@H]1C(=O)N(C3CCCCC3)C(=O)[C@H]12. The maximum atomic E-state index is 14.4. The zero-order chi connectivity index (χ0) is 37.2. The van der Waals surface area contributed by atoms with Gasteiger partial charge in [-0.2, -0.15) is 0 Å². The number of carbonyl (C=O) groups is 2. The van der Waals surface area contributed by atoms with Gasteiger partial charge in [0.2, 0.25) is 11.8 Å². The van der Waals surface area contributed by atoms with Gasteiger partial charge in [0.1, 0.15) is 5.75 Å². The smallest absolute Gasteiger partial charge is 0.261 e. The van der Waals surface area contributed by atoms with Gasteiger partial charge >= 0.3 is 0 Å². The number of carbonyl (C=O) groups excluding carboxylic acids is 2. The molecule has 4 atom stereocenters. The zero-order valence-electron chi connectivity index (χ0n) is 32.1. The fourth-order valence-electron chi connectivity index (χ4n) is 10.0. The first kappa shape index (κ1) is 37.5. The van der Waals surface area contributed by atoms with Crippen LogP contribution in [0.15, 0.2) is 102 Å². The van der Waals surface area contributed by atoms with Gasteiger partial charge in [-0.1, -0.05) is 138 Å². The van der Waals surface area contributed by atoms with Gasteiger partial charge in [-0.05, 0) is 82.8 Å². The number of imide groups is 1. The molecule has 2 aliphatic heterocycles. The van der Waals surface area contributed by atoms with Gasteiger partial charge < -0.3 is 14.3 Å². The van der Waals surface area contributed by atoms with E-state index in [1.165, 1.54) is 27.9 Å². The summed E-state index contributed by atoms with van der Waals surface area (Å²) in [5, 5.41) is 12.4. The predicted octanol–water partition coefficient (Wildman–Crippen LogP) is 8.58. The largest absolute Gasteiger partial charge is 0.508 e. The lowest BCUT2D eigenvalue weighted by molar-refractivity contribution is -0.143. The second-order valence-electron chi connectivity index (χ2n) is 16.8. The standard InChI is InChI=1S/C46H57NO5Si/c1-5-16-32(27-33-17-15-20-36(48)28-33)25-26-41-42-34(29-39-43(40(42)31-51-41)45(50)47(44(39)49)35-18-9-6-10-19-35)30-52-53(46(2,3)4,37-21-11-7-12-22-37)38-23-13-8-14-24-38/h7-8,11-15,17,20-24,27-28,35,39-41,43,48H,5-6,9-10,16,18-19,25-26,29-31H2,1-4H3/b32-27+/t39-,40+,41-,43-/m1/s1. The predicted molar refractivity (Wildman–Crippen MR) is 214 cm³/mol. The zero-order valence-corrected chi connectivity index (χ0v) is 33.1. The van der Waals surface area contributed by atoms with Crippen molar-refractivity contribution in [3.05, 3.63) is 107 Å². The topological polar surface area (TPSA) is 76.1 Å². The third kappa shape index (κ3) is 7.37. The van der Waals surface area contributed by atoms with Crippen LogP contribution < -0.4 is 10.4 Å².